The van der Waals surface area contributed by atoms with Gasteiger partial charge < -0.3 is 5.11 Å². The van der Waals surface area contributed by atoms with Crippen molar-refractivity contribution in [3.63, 3.8) is 0 Å². The number of alkyl halides is 2. The summed E-state index contributed by atoms with van der Waals surface area (Å²) >= 11 is 0. The SMILES string of the molecule is C=C1CC[C@H](O)C/C1=C/C=C1\CCC[C@]2(C)C(C(C)/C=C/C(F)(F)S(=O)(=O)C(C)(C)C)CC[C@@H]12. The average molecular weight is 497 g/mol. The van der Waals surface area contributed by atoms with Crippen molar-refractivity contribution >= 4 is 9.84 Å². The molecule has 0 amide bonds. The van der Waals surface area contributed by atoms with Gasteiger partial charge in [-0.05, 0) is 107 Å². The maximum Gasteiger partial charge on any atom is 0.364 e. The van der Waals surface area contributed by atoms with Crippen LogP contribution in [-0.4, -0.2) is 29.6 Å². The average Bonchev–Trinajstić information content (AvgIpc) is 3.09. The molecule has 1 N–H and O–H groups in total. The Morgan fingerprint density at radius 3 is 2.47 bits per heavy atom. The van der Waals surface area contributed by atoms with Gasteiger partial charge >= 0.3 is 5.25 Å². The molecule has 0 aromatic carbocycles. The van der Waals surface area contributed by atoms with E-state index in [1.165, 1.54) is 32.4 Å². The van der Waals surface area contributed by atoms with E-state index in [2.05, 4.69) is 25.7 Å². The van der Waals surface area contributed by atoms with Gasteiger partial charge in [-0.3, -0.25) is 0 Å². The zero-order valence-electron chi connectivity index (χ0n) is 21.4. The highest BCUT2D eigenvalue weighted by atomic mass is 32.2. The van der Waals surface area contributed by atoms with Gasteiger partial charge in [0.15, 0.2) is 0 Å². The molecule has 5 atom stereocenters. The van der Waals surface area contributed by atoms with Crippen LogP contribution in [0.5, 0.6) is 0 Å². The first-order valence-corrected chi connectivity index (χ1v) is 14.2. The molecule has 34 heavy (non-hydrogen) atoms. The standard InChI is InChI=1S/C28H42F2O3S/c1-19-9-12-23(31)18-22(19)11-10-21-8-7-16-27(6)24(13-14-25(21)27)20(2)15-17-28(29,30)34(32,33)26(3,4)5/h10-11,15,17,20,23-25,31H,1,7-9,12-14,16,18H2,2-6H3/b17-15+,21-10+,22-11-/t20?,23-,24?,25-,27+/m0/s1. The fourth-order valence-electron chi connectivity index (χ4n) is 6.43. The maximum absolute atomic E-state index is 14.7. The molecule has 6 heteroatoms. The van der Waals surface area contributed by atoms with E-state index in [0.717, 1.165) is 56.1 Å². The lowest BCUT2D eigenvalue weighted by molar-refractivity contribution is 0.109. The van der Waals surface area contributed by atoms with Crippen LogP contribution < -0.4 is 0 Å². The van der Waals surface area contributed by atoms with Gasteiger partial charge in [0.1, 0.15) is 0 Å². The molecule has 3 rings (SSSR count). The van der Waals surface area contributed by atoms with Crippen LogP contribution in [0.2, 0.25) is 0 Å². The number of rotatable bonds is 5. The zero-order chi connectivity index (χ0) is 25.5. The minimum Gasteiger partial charge on any atom is -0.393 e. The van der Waals surface area contributed by atoms with Crippen LogP contribution >= 0.6 is 0 Å². The number of halogens is 2. The first-order valence-electron chi connectivity index (χ1n) is 12.7. The second-order valence-corrected chi connectivity index (χ2v) is 14.7. The topological polar surface area (TPSA) is 54.4 Å². The number of aliphatic hydroxyl groups is 1. The molecule has 0 spiro atoms. The smallest absolute Gasteiger partial charge is 0.364 e. The van der Waals surface area contributed by atoms with Crippen molar-refractivity contribution in [2.45, 2.75) is 102 Å². The van der Waals surface area contributed by atoms with E-state index in [-0.39, 0.29) is 23.4 Å². The summed E-state index contributed by atoms with van der Waals surface area (Å²) < 4.78 is 52.5. The second-order valence-electron chi connectivity index (χ2n) is 11.9. The van der Waals surface area contributed by atoms with Crippen molar-refractivity contribution in [1.29, 1.82) is 0 Å². The lowest BCUT2D eigenvalue weighted by Gasteiger charge is -2.44. The summed E-state index contributed by atoms with van der Waals surface area (Å²) in [6, 6.07) is 0. The fraction of sp³-hybridized carbons (Fsp3) is 0.714. The molecule has 0 aromatic rings. The van der Waals surface area contributed by atoms with Crippen molar-refractivity contribution in [3.8, 4) is 0 Å². The van der Waals surface area contributed by atoms with Crippen LogP contribution in [0.4, 0.5) is 8.78 Å². The van der Waals surface area contributed by atoms with Crippen molar-refractivity contribution < 1.29 is 22.3 Å². The Morgan fingerprint density at radius 1 is 1.15 bits per heavy atom. The number of sulfone groups is 1. The molecule has 0 saturated heterocycles. The van der Waals surface area contributed by atoms with Crippen molar-refractivity contribution in [3.05, 3.63) is 47.6 Å². The first-order chi connectivity index (χ1) is 15.6. The largest absolute Gasteiger partial charge is 0.393 e. The van der Waals surface area contributed by atoms with Crippen LogP contribution in [0.3, 0.4) is 0 Å². The van der Waals surface area contributed by atoms with E-state index < -0.39 is 19.8 Å². The summed E-state index contributed by atoms with van der Waals surface area (Å²) in [5.74, 6) is 0.492. The Bertz CT molecular complexity index is 984. The summed E-state index contributed by atoms with van der Waals surface area (Å²) in [6.45, 7) is 12.3. The number of aliphatic hydroxyl groups excluding tert-OH is 1. The van der Waals surface area contributed by atoms with Gasteiger partial charge in [0.25, 0.3) is 0 Å². The van der Waals surface area contributed by atoms with Gasteiger partial charge in [-0.2, -0.15) is 8.78 Å². The number of hydrogen-bond donors (Lipinski definition) is 1. The van der Waals surface area contributed by atoms with Gasteiger partial charge in [0.2, 0.25) is 9.84 Å². The fourth-order valence-corrected chi connectivity index (χ4v) is 7.51. The Hall–Kier alpha value is -1.27. The lowest BCUT2D eigenvalue weighted by atomic mass is 9.61. The van der Waals surface area contributed by atoms with Crippen LogP contribution in [0.1, 0.15) is 86.0 Å². The molecular weight excluding hydrogens is 454 g/mol. The van der Waals surface area contributed by atoms with Gasteiger partial charge in [0, 0.05) is 0 Å². The molecule has 0 aromatic heterocycles. The lowest BCUT2D eigenvalue weighted by Crippen LogP contribution is -2.41. The van der Waals surface area contributed by atoms with Gasteiger partial charge in [-0.15, -0.1) is 0 Å². The molecule has 0 aliphatic heterocycles. The van der Waals surface area contributed by atoms with Gasteiger partial charge in [0.05, 0.1) is 10.9 Å². The predicted molar refractivity (Wildman–Crippen MR) is 135 cm³/mol. The molecule has 3 aliphatic rings. The first kappa shape index (κ1) is 27.3. The highest BCUT2D eigenvalue weighted by Crippen LogP contribution is 2.59. The van der Waals surface area contributed by atoms with Crippen LogP contribution in [0.25, 0.3) is 0 Å². The van der Waals surface area contributed by atoms with Crippen LogP contribution in [-0.2, 0) is 9.84 Å². The minimum atomic E-state index is -4.63. The molecule has 0 heterocycles. The van der Waals surface area contributed by atoms with E-state index >= 15 is 0 Å². The monoisotopic (exact) mass is 496 g/mol. The van der Waals surface area contributed by atoms with E-state index in [1.807, 2.05) is 6.92 Å². The molecule has 0 bridgehead atoms. The highest BCUT2D eigenvalue weighted by Gasteiger charge is 2.52. The third kappa shape index (κ3) is 5.13. The van der Waals surface area contributed by atoms with E-state index in [4.69, 9.17) is 0 Å². The Labute approximate surface area is 205 Å². The summed E-state index contributed by atoms with van der Waals surface area (Å²) in [7, 11) is -4.63. The molecule has 3 saturated carbocycles. The van der Waals surface area contributed by atoms with Crippen molar-refractivity contribution in [1.82, 2.24) is 0 Å². The molecule has 3 nitrogen and oxygen atoms in total. The summed E-state index contributed by atoms with van der Waals surface area (Å²) in [6.07, 6.45) is 13.5. The molecule has 3 aliphatic carbocycles. The van der Waals surface area contributed by atoms with Gasteiger partial charge in [-0.25, -0.2) is 8.42 Å². The molecular formula is C28H42F2O3S. The molecule has 192 valence electrons. The van der Waals surface area contributed by atoms with E-state index in [9.17, 15) is 22.3 Å². The molecule has 2 unspecified atom stereocenters. The van der Waals surface area contributed by atoms with Crippen molar-refractivity contribution in [2.75, 3.05) is 0 Å². The Morgan fingerprint density at radius 2 is 1.82 bits per heavy atom. The van der Waals surface area contributed by atoms with Crippen LogP contribution in [0.15, 0.2) is 47.6 Å². The predicted octanol–water partition coefficient (Wildman–Crippen LogP) is 7.16. The number of fused-ring (bicyclic) bond motifs is 1. The second kappa shape index (κ2) is 9.65. The Balaban J connectivity index is 1.79. The third-order valence-corrected chi connectivity index (χ3v) is 11.1. The van der Waals surface area contributed by atoms with Crippen LogP contribution in [0, 0.1) is 23.2 Å². The maximum atomic E-state index is 14.7. The van der Waals surface area contributed by atoms with Gasteiger partial charge in [-0.1, -0.05) is 49.8 Å². The summed E-state index contributed by atoms with van der Waals surface area (Å²) in [5, 5.41) is 6.14. The quantitative estimate of drug-likeness (QED) is 0.411. The van der Waals surface area contributed by atoms with E-state index in [1.54, 1.807) is 0 Å². The van der Waals surface area contributed by atoms with E-state index in [0.29, 0.717) is 18.4 Å². The van der Waals surface area contributed by atoms with Crippen molar-refractivity contribution in [2.24, 2.45) is 23.2 Å². The summed E-state index contributed by atoms with van der Waals surface area (Å²) in [4.78, 5) is 0. The molecule has 0 radical (unpaired) electrons. The zero-order valence-corrected chi connectivity index (χ0v) is 22.2. The third-order valence-electron chi connectivity index (χ3n) is 8.62. The Kier molecular flexibility index (Phi) is 7.75. The minimum absolute atomic E-state index is 0.00756. The number of hydrogen-bond acceptors (Lipinski definition) is 3. The number of allylic oxidation sites excluding steroid dienone is 5. The molecule has 3 fully saturated rings. The summed E-state index contributed by atoms with van der Waals surface area (Å²) in [5.41, 5.74) is 3.66. The highest BCUT2D eigenvalue weighted by molar-refractivity contribution is 7.93. The normalized spacial score (nSPS) is 34.7.